The number of carbonyl (C=O) groups excluding carboxylic acids is 1. The number of rotatable bonds is 6. The van der Waals surface area contributed by atoms with E-state index in [9.17, 15) is 9.59 Å². The molecule has 0 aliphatic rings. The molecule has 0 fully saturated rings. The van der Waals surface area contributed by atoms with Crippen molar-refractivity contribution >= 4 is 12.0 Å². The molecule has 20 heavy (non-hydrogen) atoms. The maximum atomic E-state index is 11.8. The summed E-state index contributed by atoms with van der Waals surface area (Å²) in [6.07, 6.45) is 0.937. The molecule has 0 spiro atoms. The molecule has 112 valence electrons. The third-order valence-corrected chi connectivity index (χ3v) is 3.00. The van der Waals surface area contributed by atoms with E-state index >= 15 is 0 Å². The molecule has 0 aliphatic carbocycles. The van der Waals surface area contributed by atoms with Crippen LogP contribution in [0.2, 0.25) is 0 Å². The van der Waals surface area contributed by atoms with Gasteiger partial charge < -0.3 is 19.7 Å². The van der Waals surface area contributed by atoms with Crippen molar-refractivity contribution in [1.82, 2.24) is 10.2 Å². The highest BCUT2D eigenvalue weighted by Gasteiger charge is 2.15. The van der Waals surface area contributed by atoms with E-state index in [1.54, 1.807) is 18.9 Å². The van der Waals surface area contributed by atoms with E-state index in [0.29, 0.717) is 24.0 Å². The fraction of sp³-hybridized carbons (Fsp3) is 0.571. The van der Waals surface area contributed by atoms with Crippen LogP contribution < -0.4 is 5.32 Å². The van der Waals surface area contributed by atoms with Crippen molar-refractivity contribution in [3.8, 4) is 0 Å². The molecule has 0 bridgehead atoms. The standard InChI is InChI=1S/C14H22N2O4/c1-9(2)5-6-16(4)14(19)15-8-11-7-12(13(17)18)10(3)20-11/h7,9H,5-6,8H2,1-4H3,(H,15,19)(H,17,18). The highest BCUT2D eigenvalue weighted by molar-refractivity contribution is 5.88. The number of hydrogen-bond acceptors (Lipinski definition) is 3. The molecular formula is C14H22N2O4. The Hall–Kier alpha value is -1.98. The number of carboxylic acid groups (broad SMARTS) is 1. The number of aromatic carboxylic acids is 1. The van der Waals surface area contributed by atoms with E-state index in [0.717, 1.165) is 6.42 Å². The lowest BCUT2D eigenvalue weighted by molar-refractivity contribution is 0.0695. The Morgan fingerprint density at radius 2 is 2.10 bits per heavy atom. The molecule has 1 rings (SSSR count). The maximum absolute atomic E-state index is 11.8. The number of urea groups is 1. The van der Waals surface area contributed by atoms with Crippen molar-refractivity contribution in [2.24, 2.45) is 5.92 Å². The summed E-state index contributed by atoms with van der Waals surface area (Å²) in [5.74, 6) is 0.286. The molecular weight excluding hydrogens is 260 g/mol. The maximum Gasteiger partial charge on any atom is 0.339 e. The van der Waals surface area contributed by atoms with Gasteiger partial charge in [-0.2, -0.15) is 0 Å². The van der Waals surface area contributed by atoms with Crippen molar-refractivity contribution < 1.29 is 19.1 Å². The molecule has 1 aromatic rings. The van der Waals surface area contributed by atoms with Crippen molar-refractivity contribution in [1.29, 1.82) is 0 Å². The lowest BCUT2D eigenvalue weighted by Gasteiger charge is -2.18. The van der Waals surface area contributed by atoms with E-state index in [1.165, 1.54) is 6.07 Å². The van der Waals surface area contributed by atoms with Crippen LogP contribution in [0, 0.1) is 12.8 Å². The number of nitrogens with one attached hydrogen (secondary N) is 1. The predicted octanol–water partition coefficient (Wildman–Crippen LogP) is 2.47. The van der Waals surface area contributed by atoms with Crippen LogP contribution >= 0.6 is 0 Å². The zero-order valence-electron chi connectivity index (χ0n) is 12.4. The third kappa shape index (κ3) is 4.60. The molecule has 0 saturated heterocycles. The molecule has 0 radical (unpaired) electrons. The summed E-state index contributed by atoms with van der Waals surface area (Å²) in [4.78, 5) is 24.3. The molecule has 1 aromatic heterocycles. The minimum atomic E-state index is -1.03. The van der Waals surface area contributed by atoms with E-state index < -0.39 is 5.97 Å². The van der Waals surface area contributed by atoms with Crippen molar-refractivity contribution in [2.75, 3.05) is 13.6 Å². The lowest BCUT2D eigenvalue weighted by atomic mass is 10.1. The molecule has 6 heteroatoms. The van der Waals surface area contributed by atoms with Gasteiger partial charge in [0.25, 0.3) is 0 Å². The quantitative estimate of drug-likeness (QED) is 0.839. The van der Waals surface area contributed by atoms with Gasteiger partial charge in [-0.05, 0) is 25.3 Å². The van der Waals surface area contributed by atoms with Crippen LogP contribution in [0.25, 0.3) is 0 Å². The van der Waals surface area contributed by atoms with Gasteiger partial charge in [0.2, 0.25) is 0 Å². The van der Waals surface area contributed by atoms with E-state index in [1.807, 2.05) is 0 Å². The Kier molecular flexibility index (Phi) is 5.61. The van der Waals surface area contributed by atoms with E-state index in [-0.39, 0.29) is 18.1 Å². The van der Waals surface area contributed by atoms with Crippen LogP contribution in [0.4, 0.5) is 4.79 Å². The molecule has 1 heterocycles. The average molecular weight is 282 g/mol. The van der Waals surface area contributed by atoms with Gasteiger partial charge in [0.15, 0.2) is 0 Å². The fourth-order valence-corrected chi connectivity index (χ4v) is 1.69. The number of amides is 2. The summed E-state index contributed by atoms with van der Waals surface area (Å²) in [6.45, 7) is 6.65. The topological polar surface area (TPSA) is 82.8 Å². The molecule has 6 nitrogen and oxygen atoms in total. The highest BCUT2D eigenvalue weighted by Crippen LogP contribution is 2.14. The highest BCUT2D eigenvalue weighted by atomic mass is 16.4. The molecule has 2 amide bonds. The second-order valence-corrected chi connectivity index (χ2v) is 5.25. The number of hydrogen-bond donors (Lipinski definition) is 2. The summed E-state index contributed by atoms with van der Waals surface area (Å²) in [7, 11) is 1.73. The molecule has 0 unspecified atom stereocenters. The van der Waals surface area contributed by atoms with Gasteiger partial charge >= 0.3 is 12.0 Å². The molecule has 0 aliphatic heterocycles. The molecule has 0 atom stereocenters. The second kappa shape index (κ2) is 6.98. The molecule has 0 saturated carbocycles. The van der Waals surface area contributed by atoms with E-state index in [2.05, 4.69) is 19.2 Å². The van der Waals surface area contributed by atoms with Crippen LogP contribution in [0.3, 0.4) is 0 Å². The summed E-state index contributed by atoms with van der Waals surface area (Å²) in [5, 5.41) is 11.6. The van der Waals surface area contributed by atoms with Gasteiger partial charge in [0.05, 0.1) is 6.54 Å². The van der Waals surface area contributed by atoms with Crippen molar-refractivity contribution in [2.45, 2.75) is 33.7 Å². The Bertz CT molecular complexity index is 480. The van der Waals surface area contributed by atoms with E-state index in [4.69, 9.17) is 9.52 Å². The Balaban J connectivity index is 2.48. The van der Waals surface area contributed by atoms with Crippen LogP contribution in [-0.4, -0.2) is 35.6 Å². The van der Waals surface area contributed by atoms with Gasteiger partial charge in [-0.15, -0.1) is 0 Å². The fourth-order valence-electron chi connectivity index (χ4n) is 1.69. The van der Waals surface area contributed by atoms with Crippen LogP contribution in [0.1, 0.15) is 42.1 Å². The molecule has 0 aromatic carbocycles. The number of furan rings is 1. The second-order valence-electron chi connectivity index (χ2n) is 5.25. The van der Waals surface area contributed by atoms with Gasteiger partial charge in [-0.25, -0.2) is 9.59 Å². The van der Waals surface area contributed by atoms with Crippen LogP contribution in [0.5, 0.6) is 0 Å². The summed E-state index contributed by atoms with van der Waals surface area (Å²) in [5.41, 5.74) is 0.127. The zero-order chi connectivity index (χ0) is 15.3. The Labute approximate surface area is 118 Å². The minimum absolute atomic E-state index is 0.127. The number of nitrogens with zero attached hydrogens (tertiary/aromatic N) is 1. The number of carbonyl (C=O) groups is 2. The first-order valence-corrected chi connectivity index (χ1v) is 6.62. The number of aryl methyl sites for hydroxylation is 1. The van der Waals surface area contributed by atoms with Gasteiger partial charge in [0.1, 0.15) is 17.1 Å². The van der Waals surface area contributed by atoms with Gasteiger partial charge in [-0.3, -0.25) is 0 Å². The predicted molar refractivity (Wildman–Crippen MR) is 74.7 cm³/mol. The van der Waals surface area contributed by atoms with Crippen molar-refractivity contribution in [3.63, 3.8) is 0 Å². The first-order chi connectivity index (χ1) is 9.31. The first-order valence-electron chi connectivity index (χ1n) is 6.62. The van der Waals surface area contributed by atoms with Crippen molar-refractivity contribution in [3.05, 3.63) is 23.2 Å². The zero-order valence-corrected chi connectivity index (χ0v) is 12.4. The Morgan fingerprint density at radius 3 is 2.60 bits per heavy atom. The van der Waals surface area contributed by atoms with Gasteiger partial charge in [0, 0.05) is 13.6 Å². The largest absolute Gasteiger partial charge is 0.478 e. The first kappa shape index (κ1) is 16.1. The normalized spacial score (nSPS) is 10.7. The number of carboxylic acids is 1. The third-order valence-electron chi connectivity index (χ3n) is 3.00. The average Bonchev–Trinajstić information content (AvgIpc) is 2.74. The van der Waals surface area contributed by atoms with Crippen LogP contribution in [-0.2, 0) is 6.54 Å². The van der Waals surface area contributed by atoms with Gasteiger partial charge in [-0.1, -0.05) is 13.8 Å². The summed E-state index contributed by atoms with van der Waals surface area (Å²) < 4.78 is 5.29. The SMILES string of the molecule is Cc1oc(CNC(=O)N(C)CCC(C)C)cc1C(=O)O. The monoisotopic (exact) mass is 282 g/mol. The summed E-state index contributed by atoms with van der Waals surface area (Å²) >= 11 is 0. The molecule has 2 N–H and O–H groups in total. The summed E-state index contributed by atoms with van der Waals surface area (Å²) in [6, 6.07) is 1.24. The smallest absolute Gasteiger partial charge is 0.339 e. The van der Waals surface area contributed by atoms with Crippen LogP contribution in [0.15, 0.2) is 10.5 Å². The lowest BCUT2D eigenvalue weighted by Crippen LogP contribution is -2.37. The Morgan fingerprint density at radius 1 is 1.45 bits per heavy atom. The minimum Gasteiger partial charge on any atom is -0.478 e.